The molecule has 1 aromatic heterocycles. The summed E-state index contributed by atoms with van der Waals surface area (Å²) in [5.74, 6) is 0. The van der Waals surface area contributed by atoms with Crippen LogP contribution in [0.3, 0.4) is 0 Å². The highest BCUT2D eigenvalue weighted by Crippen LogP contribution is 2.18. The fourth-order valence-corrected chi connectivity index (χ4v) is 2.59. The van der Waals surface area contributed by atoms with Crippen molar-refractivity contribution in [2.75, 3.05) is 11.9 Å². The Bertz CT molecular complexity index is 572. The highest BCUT2D eigenvalue weighted by atomic mass is 32.1. The first-order valence-corrected chi connectivity index (χ1v) is 7.06. The summed E-state index contributed by atoms with van der Waals surface area (Å²) in [6.07, 6.45) is 1.68. The van der Waals surface area contributed by atoms with E-state index in [1.54, 1.807) is 0 Å². The van der Waals surface area contributed by atoms with Gasteiger partial charge in [-0.25, -0.2) is 0 Å². The second-order valence-electron chi connectivity index (χ2n) is 4.26. The van der Waals surface area contributed by atoms with Gasteiger partial charge in [0.15, 0.2) is 0 Å². The van der Waals surface area contributed by atoms with Gasteiger partial charge in [-0.3, -0.25) is 0 Å². The maximum Gasteiger partial charge on any atom is 0.110 e. The van der Waals surface area contributed by atoms with Crippen molar-refractivity contribution in [2.24, 2.45) is 0 Å². The van der Waals surface area contributed by atoms with Gasteiger partial charge in [-0.1, -0.05) is 12.1 Å². The Kier molecular flexibility index (Phi) is 4.96. The van der Waals surface area contributed by atoms with E-state index in [0.29, 0.717) is 0 Å². The zero-order chi connectivity index (χ0) is 13.5. The van der Waals surface area contributed by atoms with Gasteiger partial charge in [0, 0.05) is 23.7 Å². The van der Waals surface area contributed by atoms with Crippen LogP contribution in [0.25, 0.3) is 0 Å². The van der Waals surface area contributed by atoms with Gasteiger partial charge in [0.05, 0.1) is 0 Å². The molecule has 0 aliphatic heterocycles. The number of thiophene rings is 1. The van der Waals surface area contributed by atoms with Gasteiger partial charge in [-0.15, -0.1) is 11.3 Å². The van der Waals surface area contributed by atoms with E-state index < -0.39 is 0 Å². The molecule has 0 atom stereocenters. The Morgan fingerprint density at radius 3 is 2.89 bits per heavy atom. The van der Waals surface area contributed by atoms with Crippen molar-refractivity contribution >= 4 is 17.0 Å². The molecule has 2 aromatic rings. The van der Waals surface area contributed by atoms with E-state index in [9.17, 15) is 0 Å². The highest BCUT2D eigenvalue weighted by Gasteiger charge is 2.00. The molecule has 0 radical (unpaired) electrons. The summed E-state index contributed by atoms with van der Waals surface area (Å²) >= 11 is 1.51. The summed E-state index contributed by atoms with van der Waals surface area (Å²) in [5, 5.41) is 21.0. The van der Waals surface area contributed by atoms with Crippen molar-refractivity contribution in [2.45, 2.75) is 19.4 Å². The van der Waals surface area contributed by atoms with Crippen molar-refractivity contribution in [3.8, 4) is 6.07 Å². The van der Waals surface area contributed by atoms with Gasteiger partial charge in [0.2, 0.25) is 0 Å². The number of nitriles is 1. The van der Waals surface area contributed by atoms with E-state index in [1.807, 2.05) is 24.3 Å². The predicted molar refractivity (Wildman–Crippen MR) is 78.2 cm³/mol. The topological polar surface area (TPSA) is 56.0 Å². The smallest absolute Gasteiger partial charge is 0.110 e. The van der Waals surface area contributed by atoms with Crippen molar-refractivity contribution in [3.63, 3.8) is 0 Å². The number of nitrogens with zero attached hydrogens (tertiary/aromatic N) is 1. The Morgan fingerprint density at radius 2 is 2.16 bits per heavy atom. The Hall–Kier alpha value is -1.83. The van der Waals surface area contributed by atoms with Crippen LogP contribution in [-0.4, -0.2) is 11.7 Å². The molecule has 1 heterocycles. The maximum atomic E-state index is 8.83. The van der Waals surface area contributed by atoms with E-state index in [1.165, 1.54) is 16.9 Å². The molecule has 2 N–H and O–H groups in total. The standard InChI is InChI=1S/C15H16N2OS/c16-10-14-6-7-15(19-14)11-17-13-5-1-3-12(9-13)4-2-8-18/h1,3,5-7,9,17-18H,2,4,8,11H2. The number of anilines is 1. The number of benzene rings is 1. The van der Waals surface area contributed by atoms with E-state index in [4.69, 9.17) is 10.4 Å². The van der Waals surface area contributed by atoms with Crippen LogP contribution in [0.4, 0.5) is 5.69 Å². The minimum atomic E-state index is 0.226. The molecule has 0 saturated carbocycles. The van der Waals surface area contributed by atoms with E-state index in [0.717, 1.165) is 34.8 Å². The second-order valence-corrected chi connectivity index (χ2v) is 5.43. The molecule has 0 aliphatic rings. The van der Waals surface area contributed by atoms with Crippen molar-refractivity contribution < 1.29 is 5.11 Å². The first kappa shape index (κ1) is 13.6. The molecule has 0 bridgehead atoms. The van der Waals surface area contributed by atoms with Gasteiger partial charge in [-0.05, 0) is 42.7 Å². The quantitative estimate of drug-likeness (QED) is 0.849. The molecule has 0 spiro atoms. The summed E-state index contributed by atoms with van der Waals surface area (Å²) in [6, 6.07) is 14.2. The molecule has 0 fully saturated rings. The maximum absolute atomic E-state index is 8.83. The van der Waals surface area contributed by atoms with E-state index in [-0.39, 0.29) is 6.61 Å². The summed E-state index contributed by atoms with van der Waals surface area (Å²) in [5.41, 5.74) is 2.30. The zero-order valence-corrected chi connectivity index (χ0v) is 11.4. The average molecular weight is 272 g/mol. The lowest BCUT2D eigenvalue weighted by atomic mass is 10.1. The van der Waals surface area contributed by atoms with Crippen molar-refractivity contribution in [3.05, 3.63) is 51.7 Å². The molecule has 4 heteroatoms. The Balaban J connectivity index is 1.93. The Labute approximate surface area is 117 Å². The van der Waals surface area contributed by atoms with Gasteiger partial charge < -0.3 is 10.4 Å². The summed E-state index contributed by atoms with van der Waals surface area (Å²) in [4.78, 5) is 1.89. The third-order valence-electron chi connectivity index (χ3n) is 2.79. The number of aliphatic hydroxyl groups is 1. The van der Waals surface area contributed by atoms with Crippen LogP contribution in [0.15, 0.2) is 36.4 Å². The SMILES string of the molecule is N#Cc1ccc(CNc2cccc(CCCO)c2)s1. The van der Waals surface area contributed by atoms with Gasteiger partial charge in [-0.2, -0.15) is 5.26 Å². The van der Waals surface area contributed by atoms with Gasteiger partial charge >= 0.3 is 0 Å². The van der Waals surface area contributed by atoms with Gasteiger partial charge in [0.1, 0.15) is 10.9 Å². The molecule has 0 unspecified atom stereocenters. The first-order chi connectivity index (χ1) is 9.31. The lowest BCUT2D eigenvalue weighted by Crippen LogP contribution is -1.98. The Morgan fingerprint density at radius 1 is 1.26 bits per heavy atom. The van der Waals surface area contributed by atoms with Gasteiger partial charge in [0.25, 0.3) is 0 Å². The molecule has 98 valence electrons. The number of aliphatic hydroxyl groups excluding tert-OH is 1. The van der Waals surface area contributed by atoms with Crippen molar-refractivity contribution in [1.29, 1.82) is 5.26 Å². The number of aryl methyl sites for hydroxylation is 1. The normalized spacial score (nSPS) is 10.1. The molecule has 3 nitrogen and oxygen atoms in total. The van der Waals surface area contributed by atoms with Crippen LogP contribution >= 0.6 is 11.3 Å². The predicted octanol–water partition coefficient (Wildman–Crippen LogP) is 3.16. The monoisotopic (exact) mass is 272 g/mol. The number of nitrogens with one attached hydrogen (secondary N) is 1. The molecular formula is C15H16N2OS. The van der Waals surface area contributed by atoms with Crippen LogP contribution < -0.4 is 5.32 Å². The molecule has 2 rings (SSSR count). The molecular weight excluding hydrogens is 256 g/mol. The molecule has 0 saturated heterocycles. The van der Waals surface area contributed by atoms with E-state index >= 15 is 0 Å². The minimum absolute atomic E-state index is 0.226. The first-order valence-electron chi connectivity index (χ1n) is 6.24. The van der Waals surface area contributed by atoms with Crippen LogP contribution in [0.2, 0.25) is 0 Å². The van der Waals surface area contributed by atoms with Crippen LogP contribution in [0.1, 0.15) is 21.7 Å². The number of rotatable bonds is 6. The molecule has 0 amide bonds. The molecule has 19 heavy (non-hydrogen) atoms. The number of hydrogen-bond acceptors (Lipinski definition) is 4. The average Bonchev–Trinajstić information content (AvgIpc) is 2.91. The lowest BCUT2D eigenvalue weighted by molar-refractivity contribution is 0.288. The lowest BCUT2D eigenvalue weighted by Gasteiger charge is -2.07. The van der Waals surface area contributed by atoms with E-state index in [2.05, 4.69) is 23.5 Å². The second kappa shape index (κ2) is 6.93. The summed E-state index contributed by atoms with van der Waals surface area (Å²) in [6.45, 7) is 0.958. The highest BCUT2D eigenvalue weighted by molar-refractivity contribution is 7.12. The summed E-state index contributed by atoms with van der Waals surface area (Å²) < 4.78 is 0. The summed E-state index contributed by atoms with van der Waals surface area (Å²) in [7, 11) is 0. The molecule has 0 aliphatic carbocycles. The molecule has 1 aromatic carbocycles. The zero-order valence-electron chi connectivity index (χ0n) is 10.6. The van der Waals surface area contributed by atoms with Crippen LogP contribution in [0, 0.1) is 11.3 Å². The largest absolute Gasteiger partial charge is 0.396 e. The third kappa shape index (κ3) is 4.09. The fourth-order valence-electron chi connectivity index (χ4n) is 1.84. The third-order valence-corrected chi connectivity index (χ3v) is 3.78. The van der Waals surface area contributed by atoms with Crippen molar-refractivity contribution in [1.82, 2.24) is 0 Å². The van der Waals surface area contributed by atoms with Crippen LogP contribution in [-0.2, 0) is 13.0 Å². The van der Waals surface area contributed by atoms with Crippen LogP contribution in [0.5, 0.6) is 0 Å². The minimum Gasteiger partial charge on any atom is -0.396 e. The fraction of sp³-hybridized carbons (Fsp3) is 0.267. The number of hydrogen-bond donors (Lipinski definition) is 2.